The Morgan fingerprint density at radius 2 is 2.07 bits per heavy atom. The summed E-state index contributed by atoms with van der Waals surface area (Å²) in [6.07, 6.45) is 2.85. The molecule has 0 spiro atoms. The first-order valence-corrected chi connectivity index (χ1v) is 4.06. The second kappa shape index (κ2) is 4.84. The molecule has 1 aromatic carbocycles. The van der Waals surface area contributed by atoms with Crippen LogP contribution in [0.2, 0.25) is 0 Å². The average Bonchev–Trinajstić information content (AvgIpc) is 2.17. The Morgan fingerprint density at radius 1 is 1.43 bits per heavy atom. The van der Waals surface area contributed by atoms with Crippen LogP contribution >= 0.6 is 0 Å². The fourth-order valence-electron chi connectivity index (χ4n) is 0.922. The first-order valence-electron chi connectivity index (χ1n) is 4.06. The van der Waals surface area contributed by atoms with Crippen LogP contribution in [0.15, 0.2) is 35.5 Å². The van der Waals surface area contributed by atoms with Crippen LogP contribution in [-0.2, 0) is 4.79 Å². The number of hydrogen-bond donors (Lipinski definition) is 0. The number of aryl methyl sites for hydroxylation is 1. The molecule has 0 saturated heterocycles. The van der Waals surface area contributed by atoms with Gasteiger partial charge in [0.15, 0.2) is 0 Å². The number of hydrogen-bond acceptors (Lipinski definition) is 1. The van der Waals surface area contributed by atoms with Crippen LogP contribution in [0.3, 0.4) is 0 Å². The van der Waals surface area contributed by atoms with Gasteiger partial charge in [-0.05, 0) is 29.2 Å². The third-order valence-corrected chi connectivity index (χ3v) is 1.64. The molecule has 0 aliphatic rings. The number of nitrogens with zero attached hydrogens (tertiary/aromatic N) is 3. The Balaban J connectivity index is 2.73. The third-order valence-electron chi connectivity index (χ3n) is 1.64. The zero-order valence-electron chi connectivity index (χ0n) is 7.71. The molecule has 1 amide bonds. The van der Waals surface area contributed by atoms with E-state index in [-0.39, 0.29) is 0 Å². The van der Waals surface area contributed by atoms with Gasteiger partial charge in [-0.2, -0.15) is 0 Å². The number of amides is 1. The monoisotopic (exact) mass is 187 g/mol. The Bertz CT molecular complexity index is 400. The second-order valence-electron chi connectivity index (χ2n) is 2.77. The summed E-state index contributed by atoms with van der Waals surface area (Å²) in [6.45, 7) is 1.98. The van der Waals surface area contributed by atoms with E-state index in [2.05, 4.69) is 10.0 Å². The van der Waals surface area contributed by atoms with Gasteiger partial charge in [0.25, 0.3) is 0 Å². The molecule has 0 aliphatic heterocycles. The standard InChI is InChI=1S/C10H9N3O/c1-8-2-4-9(5-3-8)6-7-10(14)12-13-11/h2-7H,1H3/b7-6+. The van der Waals surface area contributed by atoms with Crippen LogP contribution in [0.25, 0.3) is 16.5 Å². The maximum atomic E-state index is 10.8. The van der Waals surface area contributed by atoms with Crippen LogP contribution in [-0.4, -0.2) is 5.91 Å². The van der Waals surface area contributed by atoms with Crippen molar-refractivity contribution in [3.8, 4) is 0 Å². The highest BCUT2D eigenvalue weighted by Gasteiger charge is 1.90. The molecule has 4 nitrogen and oxygen atoms in total. The van der Waals surface area contributed by atoms with Crippen molar-refractivity contribution in [3.63, 3.8) is 0 Å². The summed E-state index contributed by atoms with van der Waals surface area (Å²) < 4.78 is 0. The predicted octanol–water partition coefficient (Wildman–Crippen LogP) is 2.85. The second-order valence-corrected chi connectivity index (χ2v) is 2.77. The lowest BCUT2D eigenvalue weighted by atomic mass is 10.1. The Labute approximate surface area is 81.5 Å². The van der Waals surface area contributed by atoms with Crippen LogP contribution in [0.1, 0.15) is 11.1 Å². The lowest BCUT2D eigenvalue weighted by molar-refractivity contribution is -0.113. The highest BCUT2D eigenvalue weighted by Crippen LogP contribution is 2.04. The summed E-state index contributed by atoms with van der Waals surface area (Å²) in [5.74, 6) is -0.590. The molecule has 1 rings (SSSR count). The molecule has 0 heterocycles. The molecule has 70 valence electrons. The van der Waals surface area contributed by atoms with Crippen LogP contribution in [0, 0.1) is 6.92 Å². The van der Waals surface area contributed by atoms with Gasteiger partial charge in [-0.3, -0.25) is 4.79 Å². The molecule has 0 aromatic heterocycles. The molecular weight excluding hydrogens is 178 g/mol. The van der Waals surface area contributed by atoms with Crippen molar-refractivity contribution in [3.05, 3.63) is 51.9 Å². The van der Waals surface area contributed by atoms with Crippen molar-refractivity contribution in [2.45, 2.75) is 6.92 Å². The van der Waals surface area contributed by atoms with Crippen molar-refractivity contribution in [1.82, 2.24) is 0 Å². The van der Waals surface area contributed by atoms with Crippen molar-refractivity contribution >= 4 is 12.0 Å². The molecule has 0 unspecified atom stereocenters. The molecule has 0 aliphatic carbocycles. The number of carbonyl (C=O) groups is 1. The van der Waals surface area contributed by atoms with E-state index in [9.17, 15) is 4.79 Å². The van der Waals surface area contributed by atoms with Crippen molar-refractivity contribution < 1.29 is 4.79 Å². The fourth-order valence-corrected chi connectivity index (χ4v) is 0.922. The van der Waals surface area contributed by atoms with Gasteiger partial charge in [-0.25, -0.2) is 0 Å². The molecule has 0 atom stereocenters. The topological polar surface area (TPSA) is 65.8 Å². The number of azide groups is 1. The molecule has 1 aromatic rings. The van der Waals surface area contributed by atoms with E-state index in [0.29, 0.717) is 0 Å². The first-order chi connectivity index (χ1) is 6.72. The van der Waals surface area contributed by atoms with E-state index < -0.39 is 5.91 Å². The van der Waals surface area contributed by atoms with Gasteiger partial charge in [-0.15, -0.1) is 0 Å². The normalized spacial score (nSPS) is 9.79. The molecule has 0 fully saturated rings. The SMILES string of the molecule is Cc1ccc(/C=C/C(=O)N=[N+]=[N-])cc1. The number of carbonyl (C=O) groups excluding carboxylic acids is 1. The summed E-state index contributed by atoms with van der Waals surface area (Å²) in [7, 11) is 0. The Morgan fingerprint density at radius 3 is 2.64 bits per heavy atom. The summed E-state index contributed by atoms with van der Waals surface area (Å²) in [5, 5.41) is 2.91. The average molecular weight is 187 g/mol. The highest BCUT2D eigenvalue weighted by molar-refractivity contribution is 5.92. The molecule has 14 heavy (non-hydrogen) atoms. The molecule has 0 N–H and O–H groups in total. The van der Waals surface area contributed by atoms with Gasteiger partial charge >= 0.3 is 0 Å². The van der Waals surface area contributed by atoms with E-state index in [1.807, 2.05) is 31.2 Å². The van der Waals surface area contributed by atoms with Gasteiger partial charge in [0, 0.05) is 4.91 Å². The smallest absolute Gasteiger partial charge is 0.242 e. The molecule has 0 bridgehead atoms. The predicted molar refractivity (Wildman–Crippen MR) is 54.4 cm³/mol. The molecule has 0 saturated carbocycles. The summed E-state index contributed by atoms with van der Waals surface area (Å²) in [5.41, 5.74) is 10.0. The maximum Gasteiger partial charge on any atom is 0.242 e. The molecule has 4 heteroatoms. The third kappa shape index (κ3) is 3.13. The fraction of sp³-hybridized carbons (Fsp3) is 0.100. The maximum absolute atomic E-state index is 10.8. The highest BCUT2D eigenvalue weighted by atomic mass is 16.1. The summed E-state index contributed by atoms with van der Waals surface area (Å²) >= 11 is 0. The van der Waals surface area contributed by atoms with Crippen LogP contribution < -0.4 is 0 Å². The van der Waals surface area contributed by atoms with Crippen LogP contribution in [0.4, 0.5) is 0 Å². The van der Waals surface area contributed by atoms with E-state index >= 15 is 0 Å². The quantitative estimate of drug-likeness (QED) is 0.304. The number of benzene rings is 1. The molecular formula is C10H9N3O. The van der Waals surface area contributed by atoms with Gasteiger partial charge in [0.05, 0.1) is 0 Å². The lowest BCUT2D eigenvalue weighted by Gasteiger charge is -1.93. The largest absolute Gasteiger partial charge is 0.288 e. The van der Waals surface area contributed by atoms with Gasteiger partial charge in [0.2, 0.25) is 5.91 Å². The minimum absolute atomic E-state index is 0.590. The Kier molecular flexibility index (Phi) is 3.47. The van der Waals surface area contributed by atoms with E-state index in [0.717, 1.165) is 11.1 Å². The van der Waals surface area contributed by atoms with E-state index in [4.69, 9.17) is 5.53 Å². The minimum atomic E-state index is -0.590. The molecule has 0 radical (unpaired) electrons. The summed E-state index contributed by atoms with van der Waals surface area (Å²) in [6, 6.07) is 7.65. The van der Waals surface area contributed by atoms with Crippen molar-refractivity contribution in [1.29, 1.82) is 0 Å². The minimum Gasteiger partial charge on any atom is -0.288 e. The van der Waals surface area contributed by atoms with Crippen molar-refractivity contribution in [2.75, 3.05) is 0 Å². The lowest BCUT2D eigenvalue weighted by Crippen LogP contribution is -1.82. The zero-order chi connectivity index (χ0) is 10.4. The zero-order valence-corrected chi connectivity index (χ0v) is 7.71. The summed E-state index contributed by atoms with van der Waals surface area (Å²) in [4.78, 5) is 13.2. The van der Waals surface area contributed by atoms with E-state index in [1.54, 1.807) is 6.08 Å². The Hall–Kier alpha value is -2.06. The van der Waals surface area contributed by atoms with Gasteiger partial charge < -0.3 is 0 Å². The van der Waals surface area contributed by atoms with Gasteiger partial charge in [0.1, 0.15) is 0 Å². The van der Waals surface area contributed by atoms with E-state index in [1.165, 1.54) is 6.08 Å². The van der Waals surface area contributed by atoms with Crippen molar-refractivity contribution in [2.24, 2.45) is 5.11 Å². The van der Waals surface area contributed by atoms with Crippen LogP contribution in [0.5, 0.6) is 0 Å². The first kappa shape index (κ1) is 10.0. The number of rotatable bonds is 2. The van der Waals surface area contributed by atoms with Gasteiger partial charge in [-0.1, -0.05) is 35.9 Å².